The van der Waals surface area contributed by atoms with Crippen molar-refractivity contribution in [2.24, 2.45) is 0 Å². The second-order valence-corrected chi connectivity index (χ2v) is 6.19. The Labute approximate surface area is 120 Å². The largest absolute Gasteiger partial charge is 0.349 e. The normalized spacial score (nSPS) is 12.2. The van der Waals surface area contributed by atoms with Gasteiger partial charge in [-0.25, -0.2) is 0 Å². The lowest BCUT2D eigenvalue weighted by Gasteiger charge is -2.14. The first-order chi connectivity index (χ1) is 8.06. The Bertz CT molecular complexity index is 400. The van der Waals surface area contributed by atoms with Crippen LogP contribution >= 0.6 is 39.3 Å². The lowest BCUT2D eigenvalue weighted by molar-refractivity contribution is 0.0944. The van der Waals surface area contributed by atoms with Crippen LogP contribution in [0.1, 0.15) is 24.2 Å². The summed E-state index contributed by atoms with van der Waals surface area (Å²) in [5.74, 6) is 1.84. The summed E-state index contributed by atoms with van der Waals surface area (Å²) in [5, 5.41) is 3.39. The molecule has 1 aromatic carbocycles. The fourth-order valence-corrected chi connectivity index (χ4v) is 2.57. The Kier molecular flexibility index (Phi) is 6.38. The molecule has 0 aliphatic rings. The summed E-state index contributed by atoms with van der Waals surface area (Å²) in [6, 6.07) is 5.48. The van der Waals surface area contributed by atoms with Crippen LogP contribution < -0.4 is 5.32 Å². The second-order valence-electron chi connectivity index (χ2n) is 3.64. The molecular weight excluding hydrogens is 322 g/mol. The third kappa shape index (κ3) is 4.53. The maximum absolute atomic E-state index is 12.0. The minimum Gasteiger partial charge on any atom is -0.349 e. The first-order valence-electron chi connectivity index (χ1n) is 5.38. The smallest absolute Gasteiger partial charge is 0.253 e. The van der Waals surface area contributed by atoms with Crippen molar-refractivity contribution in [2.75, 3.05) is 11.5 Å². The van der Waals surface area contributed by atoms with Gasteiger partial charge in [-0.05, 0) is 40.7 Å². The molecule has 1 unspecified atom stereocenters. The van der Waals surface area contributed by atoms with E-state index in [0.717, 1.165) is 16.0 Å². The number of carbonyl (C=O) groups excluding carboxylic acids is 1. The highest BCUT2D eigenvalue weighted by Gasteiger charge is 2.14. The molecule has 0 saturated heterocycles. The highest BCUT2D eigenvalue weighted by Crippen LogP contribution is 2.25. The number of hydrogen-bond donors (Lipinski definition) is 1. The Morgan fingerprint density at radius 1 is 1.59 bits per heavy atom. The molecule has 1 aromatic rings. The van der Waals surface area contributed by atoms with Crippen molar-refractivity contribution < 1.29 is 4.79 Å². The summed E-state index contributed by atoms with van der Waals surface area (Å²) in [7, 11) is 0. The van der Waals surface area contributed by atoms with Gasteiger partial charge < -0.3 is 5.32 Å². The van der Waals surface area contributed by atoms with Crippen LogP contribution in [0.2, 0.25) is 5.02 Å². The van der Waals surface area contributed by atoms with E-state index in [1.807, 2.05) is 13.0 Å². The number of hydrogen-bond acceptors (Lipinski definition) is 2. The SMILES string of the molecule is CCSCC(C)NC(=O)c1cccc(Br)c1Cl. The Hall–Kier alpha value is -0.190. The van der Waals surface area contributed by atoms with Crippen LogP contribution in [0.4, 0.5) is 0 Å². The van der Waals surface area contributed by atoms with Crippen LogP contribution in [0, 0.1) is 0 Å². The molecule has 5 heteroatoms. The van der Waals surface area contributed by atoms with E-state index in [-0.39, 0.29) is 11.9 Å². The number of carbonyl (C=O) groups is 1. The summed E-state index contributed by atoms with van der Waals surface area (Å²) in [4.78, 5) is 12.0. The van der Waals surface area contributed by atoms with Crippen molar-refractivity contribution in [3.05, 3.63) is 33.3 Å². The fourth-order valence-electron chi connectivity index (χ4n) is 1.32. The van der Waals surface area contributed by atoms with Gasteiger partial charge in [-0.2, -0.15) is 11.8 Å². The number of nitrogens with one attached hydrogen (secondary N) is 1. The number of halogens is 2. The molecule has 1 atom stereocenters. The van der Waals surface area contributed by atoms with Crippen LogP contribution in [0.25, 0.3) is 0 Å². The molecule has 0 radical (unpaired) electrons. The zero-order valence-corrected chi connectivity index (χ0v) is 13.0. The molecule has 94 valence electrons. The average molecular weight is 337 g/mol. The predicted octanol–water partition coefficient (Wildman–Crippen LogP) is 3.97. The summed E-state index contributed by atoms with van der Waals surface area (Å²) in [5.41, 5.74) is 0.509. The molecule has 2 nitrogen and oxygen atoms in total. The van der Waals surface area contributed by atoms with Gasteiger partial charge in [0.2, 0.25) is 0 Å². The molecule has 1 amide bonds. The highest BCUT2D eigenvalue weighted by atomic mass is 79.9. The minimum atomic E-state index is -0.125. The van der Waals surface area contributed by atoms with E-state index in [4.69, 9.17) is 11.6 Å². The lowest BCUT2D eigenvalue weighted by atomic mass is 10.2. The summed E-state index contributed by atoms with van der Waals surface area (Å²) in [6.07, 6.45) is 0. The maximum atomic E-state index is 12.0. The van der Waals surface area contributed by atoms with Crippen LogP contribution in [0.5, 0.6) is 0 Å². The van der Waals surface area contributed by atoms with Crippen molar-refractivity contribution in [1.29, 1.82) is 0 Å². The van der Waals surface area contributed by atoms with E-state index < -0.39 is 0 Å². The van der Waals surface area contributed by atoms with Gasteiger partial charge in [0, 0.05) is 16.3 Å². The topological polar surface area (TPSA) is 29.1 Å². The molecule has 17 heavy (non-hydrogen) atoms. The van der Waals surface area contributed by atoms with E-state index in [1.54, 1.807) is 23.9 Å². The van der Waals surface area contributed by atoms with Gasteiger partial charge >= 0.3 is 0 Å². The van der Waals surface area contributed by atoms with Gasteiger partial charge in [0.1, 0.15) is 0 Å². The Morgan fingerprint density at radius 2 is 2.29 bits per heavy atom. The standard InChI is InChI=1S/C12H15BrClNOS/c1-3-17-7-8(2)15-12(16)9-5-4-6-10(13)11(9)14/h4-6,8H,3,7H2,1-2H3,(H,15,16). The molecule has 0 aromatic heterocycles. The molecule has 0 fully saturated rings. The first kappa shape index (κ1) is 14.9. The number of benzene rings is 1. The third-order valence-corrected chi connectivity index (χ3v) is 4.59. The fraction of sp³-hybridized carbons (Fsp3) is 0.417. The summed E-state index contributed by atoms with van der Waals surface area (Å²) < 4.78 is 0.738. The molecule has 0 aliphatic carbocycles. The first-order valence-corrected chi connectivity index (χ1v) is 7.71. The third-order valence-electron chi connectivity index (χ3n) is 2.15. The van der Waals surface area contributed by atoms with Crippen molar-refractivity contribution in [3.8, 4) is 0 Å². The van der Waals surface area contributed by atoms with Gasteiger partial charge in [-0.3, -0.25) is 4.79 Å². The van der Waals surface area contributed by atoms with Gasteiger partial charge in [0.05, 0.1) is 10.6 Å². The predicted molar refractivity (Wildman–Crippen MR) is 79.1 cm³/mol. The Balaban J connectivity index is 2.67. The van der Waals surface area contributed by atoms with E-state index in [1.165, 1.54) is 0 Å². The van der Waals surface area contributed by atoms with E-state index >= 15 is 0 Å². The van der Waals surface area contributed by atoms with Crippen molar-refractivity contribution in [2.45, 2.75) is 19.9 Å². The summed E-state index contributed by atoms with van der Waals surface area (Å²) in [6.45, 7) is 4.09. The minimum absolute atomic E-state index is 0.125. The van der Waals surface area contributed by atoms with Gasteiger partial charge in [-0.15, -0.1) is 0 Å². The molecule has 0 spiro atoms. The number of amides is 1. The molecule has 0 bridgehead atoms. The van der Waals surface area contributed by atoms with Crippen molar-refractivity contribution >= 4 is 45.2 Å². The summed E-state index contributed by atoms with van der Waals surface area (Å²) >= 11 is 11.2. The second kappa shape index (κ2) is 7.29. The lowest BCUT2D eigenvalue weighted by Crippen LogP contribution is -2.34. The zero-order chi connectivity index (χ0) is 12.8. The molecule has 1 N–H and O–H groups in total. The molecule has 1 rings (SSSR count). The molecular formula is C12H15BrClNOS. The van der Waals surface area contributed by atoms with Crippen LogP contribution in [-0.4, -0.2) is 23.5 Å². The van der Waals surface area contributed by atoms with E-state index in [0.29, 0.717) is 10.6 Å². The van der Waals surface area contributed by atoms with E-state index in [2.05, 4.69) is 28.2 Å². The number of rotatable bonds is 5. The zero-order valence-electron chi connectivity index (χ0n) is 9.80. The van der Waals surface area contributed by atoms with Gasteiger partial charge in [0.25, 0.3) is 5.91 Å². The van der Waals surface area contributed by atoms with Crippen molar-refractivity contribution in [1.82, 2.24) is 5.32 Å². The maximum Gasteiger partial charge on any atom is 0.253 e. The Morgan fingerprint density at radius 3 is 2.94 bits per heavy atom. The van der Waals surface area contributed by atoms with Crippen LogP contribution in [0.15, 0.2) is 22.7 Å². The van der Waals surface area contributed by atoms with Crippen LogP contribution in [0.3, 0.4) is 0 Å². The molecule has 0 saturated carbocycles. The van der Waals surface area contributed by atoms with Gasteiger partial charge in [0.15, 0.2) is 0 Å². The molecule has 0 heterocycles. The quantitative estimate of drug-likeness (QED) is 0.881. The van der Waals surface area contributed by atoms with Crippen LogP contribution in [-0.2, 0) is 0 Å². The highest BCUT2D eigenvalue weighted by molar-refractivity contribution is 9.10. The van der Waals surface area contributed by atoms with Gasteiger partial charge in [-0.1, -0.05) is 24.6 Å². The number of thioether (sulfide) groups is 1. The average Bonchev–Trinajstić information content (AvgIpc) is 2.29. The monoisotopic (exact) mass is 335 g/mol. The molecule has 0 aliphatic heterocycles. The van der Waals surface area contributed by atoms with Crippen molar-refractivity contribution in [3.63, 3.8) is 0 Å². The van der Waals surface area contributed by atoms with E-state index in [9.17, 15) is 4.79 Å².